The predicted octanol–water partition coefficient (Wildman–Crippen LogP) is 4.25. The fourth-order valence-corrected chi connectivity index (χ4v) is 1.74. The van der Waals surface area contributed by atoms with Crippen molar-refractivity contribution in [3.05, 3.63) is 59.2 Å². The molecule has 0 aliphatic carbocycles. The number of rotatable bonds is 1. The monoisotopic (exact) mass is 218 g/mol. The van der Waals surface area contributed by atoms with E-state index in [1.807, 2.05) is 32.0 Å². The van der Waals surface area contributed by atoms with Gasteiger partial charge in [0.15, 0.2) is 11.6 Å². The Morgan fingerprint density at radius 1 is 0.875 bits per heavy atom. The van der Waals surface area contributed by atoms with Gasteiger partial charge in [-0.25, -0.2) is 8.78 Å². The van der Waals surface area contributed by atoms with Gasteiger partial charge in [-0.15, -0.1) is 0 Å². The van der Waals surface area contributed by atoms with Gasteiger partial charge >= 0.3 is 0 Å². The van der Waals surface area contributed by atoms with Gasteiger partial charge in [0, 0.05) is 5.56 Å². The van der Waals surface area contributed by atoms with Crippen LogP contribution in [0.4, 0.5) is 8.78 Å². The Hall–Kier alpha value is -1.70. The van der Waals surface area contributed by atoms with Gasteiger partial charge in [0.1, 0.15) is 0 Å². The van der Waals surface area contributed by atoms with Gasteiger partial charge < -0.3 is 0 Å². The van der Waals surface area contributed by atoms with Crippen LogP contribution in [0.2, 0.25) is 0 Å². The van der Waals surface area contributed by atoms with E-state index in [1.54, 1.807) is 6.07 Å². The summed E-state index contributed by atoms with van der Waals surface area (Å²) >= 11 is 0. The summed E-state index contributed by atoms with van der Waals surface area (Å²) < 4.78 is 26.7. The fourth-order valence-electron chi connectivity index (χ4n) is 1.74. The molecule has 0 heterocycles. The summed E-state index contributed by atoms with van der Waals surface area (Å²) in [6.07, 6.45) is 0. The van der Waals surface area contributed by atoms with Gasteiger partial charge in [-0.05, 0) is 31.0 Å². The Morgan fingerprint density at radius 2 is 1.62 bits per heavy atom. The first kappa shape index (κ1) is 10.8. The van der Waals surface area contributed by atoms with Crippen molar-refractivity contribution in [1.82, 2.24) is 0 Å². The zero-order valence-electron chi connectivity index (χ0n) is 9.22. The largest absolute Gasteiger partial charge is 0.204 e. The minimum atomic E-state index is -0.807. The number of halogens is 2. The smallest absolute Gasteiger partial charge is 0.166 e. The number of aryl methyl sites for hydroxylation is 2. The van der Waals surface area contributed by atoms with E-state index in [9.17, 15) is 8.78 Å². The van der Waals surface area contributed by atoms with Crippen LogP contribution in [0.15, 0.2) is 36.4 Å². The Labute approximate surface area is 93.5 Å². The minimum Gasteiger partial charge on any atom is -0.204 e. The second-order valence-electron chi connectivity index (χ2n) is 3.92. The molecule has 0 nitrogen and oxygen atoms in total. The van der Waals surface area contributed by atoms with Crippen LogP contribution in [0.3, 0.4) is 0 Å². The van der Waals surface area contributed by atoms with Crippen LogP contribution in [-0.4, -0.2) is 0 Å². The van der Waals surface area contributed by atoms with Gasteiger partial charge in [-0.2, -0.15) is 0 Å². The number of hydrogen-bond donors (Lipinski definition) is 0. The Morgan fingerprint density at radius 3 is 2.38 bits per heavy atom. The van der Waals surface area contributed by atoms with Crippen LogP contribution < -0.4 is 0 Å². The zero-order valence-corrected chi connectivity index (χ0v) is 9.22. The van der Waals surface area contributed by atoms with Crippen LogP contribution in [-0.2, 0) is 0 Å². The molecule has 0 fully saturated rings. The first-order valence-electron chi connectivity index (χ1n) is 5.11. The summed E-state index contributed by atoms with van der Waals surface area (Å²) in [5.74, 6) is -1.59. The van der Waals surface area contributed by atoms with E-state index in [2.05, 4.69) is 0 Å². The lowest BCUT2D eigenvalue weighted by Gasteiger charge is -2.08. The van der Waals surface area contributed by atoms with Crippen LogP contribution in [0, 0.1) is 25.5 Å². The Bertz CT molecular complexity index is 530. The second-order valence-corrected chi connectivity index (χ2v) is 3.92. The molecule has 2 aromatic carbocycles. The van der Waals surface area contributed by atoms with Crippen LogP contribution >= 0.6 is 0 Å². The highest BCUT2D eigenvalue weighted by Crippen LogP contribution is 2.28. The SMILES string of the molecule is Cc1ccc(C)c(-c2cccc(F)c2F)c1. The van der Waals surface area contributed by atoms with E-state index in [0.717, 1.165) is 22.8 Å². The van der Waals surface area contributed by atoms with E-state index in [4.69, 9.17) is 0 Å². The average Bonchev–Trinajstić information content (AvgIpc) is 2.26. The molecule has 0 spiro atoms. The lowest BCUT2D eigenvalue weighted by molar-refractivity contribution is 0.511. The molecule has 0 saturated heterocycles. The molecular formula is C14H12F2. The van der Waals surface area contributed by atoms with Gasteiger partial charge in [-0.3, -0.25) is 0 Å². The summed E-state index contributed by atoms with van der Waals surface area (Å²) in [5.41, 5.74) is 3.04. The average molecular weight is 218 g/mol. The van der Waals surface area contributed by atoms with Crippen LogP contribution in [0.1, 0.15) is 11.1 Å². The van der Waals surface area contributed by atoms with Gasteiger partial charge in [0.2, 0.25) is 0 Å². The molecule has 0 aromatic heterocycles. The van der Waals surface area contributed by atoms with E-state index in [0.29, 0.717) is 5.56 Å². The second kappa shape index (κ2) is 4.05. The van der Waals surface area contributed by atoms with Crippen molar-refractivity contribution in [2.75, 3.05) is 0 Å². The van der Waals surface area contributed by atoms with Crippen molar-refractivity contribution < 1.29 is 8.78 Å². The minimum absolute atomic E-state index is 0.321. The third-order valence-corrected chi connectivity index (χ3v) is 2.63. The quantitative estimate of drug-likeness (QED) is 0.671. The summed E-state index contributed by atoms with van der Waals surface area (Å²) in [7, 11) is 0. The van der Waals surface area contributed by atoms with Crippen molar-refractivity contribution in [2.45, 2.75) is 13.8 Å². The van der Waals surface area contributed by atoms with Gasteiger partial charge in [0.05, 0.1) is 0 Å². The molecule has 0 aliphatic rings. The summed E-state index contributed by atoms with van der Waals surface area (Å²) in [6.45, 7) is 3.82. The third-order valence-electron chi connectivity index (χ3n) is 2.63. The standard InChI is InChI=1S/C14H12F2/c1-9-6-7-10(2)12(8-9)11-4-3-5-13(15)14(11)16/h3-8H,1-2H3. The number of hydrogen-bond acceptors (Lipinski definition) is 0. The summed E-state index contributed by atoms with van der Waals surface area (Å²) in [4.78, 5) is 0. The molecule has 2 heteroatoms. The van der Waals surface area contributed by atoms with Crippen molar-refractivity contribution in [3.63, 3.8) is 0 Å². The molecule has 82 valence electrons. The van der Waals surface area contributed by atoms with E-state index < -0.39 is 11.6 Å². The predicted molar refractivity (Wildman–Crippen MR) is 61.3 cm³/mol. The van der Waals surface area contributed by atoms with Crippen molar-refractivity contribution in [2.24, 2.45) is 0 Å². The van der Waals surface area contributed by atoms with Gasteiger partial charge in [-0.1, -0.05) is 35.9 Å². The van der Waals surface area contributed by atoms with Crippen LogP contribution in [0.25, 0.3) is 11.1 Å². The molecule has 0 bridgehead atoms. The highest BCUT2D eigenvalue weighted by atomic mass is 19.2. The lowest BCUT2D eigenvalue weighted by Crippen LogP contribution is -1.91. The molecular weight excluding hydrogens is 206 g/mol. The molecule has 16 heavy (non-hydrogen) atoms. The molecule has 0 atom stereocenters. The lowest BCUT2D eigenvalue weighted by atomic mass is 9.98. The first-order valence-corrected chi connectivity index (χ1v) is 5.11. The summed E-state index contributed by atoms with van der Waals surface area (Å²) in [6, 6.07) is 9.98. The molecule has 0 amide bonds. The molecule has 2 rings (SSSR count). The fraction of sp³-hybridized carbons (Fsp3) is 0.143. The van der Waals surface area contributed by atoms with E-state index in [-0.39, 0.29) is 0 Å². The number of benzene rings is 2. The summed E-state index contributed by atoms with van der Waals surface area (Å²) in [5, 5.41) is 0. The van der Waals surface area contributed by atoms with Gasteiger partial charge in [0.25, 0.3) is 0 Å². The Balaban J connectivity index is 2.67. The Kier molecular flexibility index (Phi) is 2.73. The zero-order chi connectivity index (χ0) is 11.7. The highest BCUT2D eigenvalue weighted by Gasteiger charge is 2.11. The first-order chi connectivity index (χ1) is 7.59. The normalized spacial score (nSPS) is 10.5. The van der Waals surface area contributed by atoms with E-state index >= 15 is 0 Å². The van der Waals surface area contributed by atoms with Crippen LogP contribution in [0.5, 0.6) is 0 Å². The highest BCUT2D eigenvalue weighted by molar-refractivity contribution is 5.68. The molecule has 2 aromatic rings. The third kappa shape index (κ3) is 1.83. The van der Waals surface area contributed by atoms with E-state index in [1.165, 1.54) is 6.07 Å². The van der Waals surface area contributed by atoms with Crippen molar-refractivity contribution in [1.29, 1.82) is 0 Å². The molecule has 0 aliphatic heterocycles. The van der Waals surface area contributed by atoms with Crippen molar-refractivity contribution >= 4 is 0 Å². The molecule has 0 unspecified atom stereocenters. The molecule has 0 radical (unpaired) electrons. The molecule has 0 saturated carbocycles. The maximum absolute atomic E-state index is 13.6. The maximum atomic E-state index is 13.6. The van der Waals surface area contributed by atoms with Crippen molar-refractivity contribution in [3.8, 4) is 11.1 Å². The maximum Gasteiger partial charge on any atom is 0.166 e. The topological polar surface area (TPSA) is 0 Å². The molecule has 0 N–H and O–H groups in total.